The lowest BCUT2D eigenvalue weighted by Gasteiger charge is -2.19. The van der Waals surface area contributed by atoms with E-state index in [0.717, 1.165) is 12.8 Å². The number of benzene rings is 2. The van der Waals surface area contributed by atoms with Gasteiger partial charge in [0.15, 0.2) is 23.2 Å². The van der Waals surface area contributed by atoms with Crippen LogP contribution in [0.3, 0.4) is 0 Å². The van der Waals surface area contributed by atoms with Crippen LogP contribution in [-0.4, -0.2) is 7.11 Å². The Bertz CT molecular complexity index is 824. The number of hydrogen-bond acceptors (Lipinski definition) is 1. The molecule has 0 radical (unpaired) electrons. The first-order valence-electron chi connectivity index (χ1n) is 8.60. The van der Waals surface area contributed by atoms with Gasteiger partial charge in [0.25, 0.3) is 0 Å². The predicted octanol–water partition coefficient (Wildman–Crippen LogP) is 5.94. The Morgan fingerprint density at radius 2 is 1.76 bits per heavy atom. The van der Waals surface area contributed by atoms with E-state index in [1.165, 1.54) is 7.11 Å². The van der Waals surface area contributed by atoms with Crippen LogP contribution in [0.2, 0.25) is 0 Å². The van der Waals surface area contributed by atoms with E-state index in [4.69, 9.17) is 4.74 Å². The monoisotopic (exact) mass is 346 g/mol. The topological polar surface area (TPSA) is 9.23 Å². The fraction of sp³-hybridized carbons (Fsp3) is 0.333. The molecule has 0 saturated carbocycles. The average molecular weight is 346 g/mol. The highest BCUT2D eigenvalue weighted by atomic mass is 19.2. The maximum atomic E-state index is 14.5. The van der Waals surface area contributed by atoms with E-state index in [2.05, 4.69) is 0 Å². The molecule has 0 aromatic heterocycles. The summed E-state index contributed by atoms with van der Waals surface area (Å²) in [7, 11) is 1.42. The van der Waals surface area contributed by atoms with Crippen LogP contribution in [0.25, 0.3) is 11.6 Å². The standard InChI is InChI=1S/C21H21F3O/c1-3-4-5-13-6-9-17(21(24)19(13)22)14-7-10-16-15(12-14)8-11-18(25-2)20(16)23/h6,8-9,11-12H,3-5,7,10H2,1-2H3. The minimum atomic E-state index is -0.808. The molecule has 0 aliphatic heterocycles. The van der Waals surface area contributed by atoms with Gasteiger partial charge in [-0.15, -0.1) is 0 Å². The Kier molecular flexibility index (Phi) is 5.16. The maximum absolute atomic E-state index is 14.5. The minimum absolute atomic E-state index is 0.202. The molecule has 0 amide bonds. The Hall–Kier alpha value is -2.23. The van der Waals surface area contributed by atoms with E-state index in [0.29, 0.717) is 41.5 Å². The SMILES string of the molecule is CCCCc1ccc(C2=Cc3ccc(OC)c(F)c3CC2)c(F)c1F. The number of methoxy groups -OCH3 is 1. The molecule has 0 unspecified atom stereocenters. The molecule has 2 aromatic carbocycles. The van der Waals surface area contributed by atoms with Gasteiger partial charge in [0.2, 0.25) is 0 Å². The molecule has 2 aromatic rings. The van der Waals surface area contributed by atoms with Crippen molar-refractivity contribution in [3.05, 3.63) is 64.0 Å². The molecule has 0 heterocycles. The lowest BCUT2D eigenvalue weighted by molar-refractivity contribution is 0.384. The van der Waals surface area contributed by atoms with Crippen LogP contribution in [0.15, 0.2) is 24.3 Å². The molecule has 0 saturated heterocycles. The van der Waals surface area contributed by atoms with Crippen LogP contribution in [0.4, 0.5) is 13.2 Å². The van der Waals surface area contributed by atoms with Crippen LogP contribution in [0.1, 0.15) is 48.4 Å². The second-order valence-corrected chi connectivity index (χ2v) is 6.32. The third kappa shape index (κ3) is 3.30. The number of unbranched alkanes of at least 4 members (excludes halogenated alkanes) is 1. The molecule has 132 valence electrons. The van der Waals surface area contributed by atoms with E-state index in [1.807, 2.05) is 6.92 Å². The molecule has 0 bridgehead atoms. The second kappa shape index (κ2) is 7.34. The van der Waals surface area contributed by atoms with Gasteiger partial charge in [-0.1, -0.05) is 37.6 Å². The summed E-state index contributed by atoms with van der Waals surface area (Å²) in [5.74, 6) is -1.75. The van der Waals surface area contributed by atoms with Crippen molar-refractivity contribution in [1.29, 1.82) is 0 Å². The number of halogens is 3. The lowest BCUT2D eigenvalue weighted by atomic mass is 9.87. The number of fused-ring (bicyclic) bond motifs is 1. The highest BCUT2D eigenvalue weighted by molar-refractivity contribution is 5.85. The van der Waals surface area contributed by atoms with Crippen molar-refractivity contribution in [1.82, 2.24) is 0 Å². The summed E-state index contributed by atoms with van der Waals surface area (Å²) >= 11 is 0. The van der Waals surface area contributed by atoms with E-state index in [-0.39, 0.29) is 17.1 Å². The molecule has 4 heteroatoms. The van der Waals surface area contributed by atoms with E-state index < -0.39 is 11.6 Å². The van der Waals surface area contributed by atoms with Gasteiger partial charge in [-0.25, -0.2) is 13.2 Å². The predicted molar refractivity (Wildman–Crippen MR) is 94.1 cm³/mol. The van der Waals surface area contributed by atoms with Gasteiger partial charge in [-0.3, -0.25) is 0 Å². The van der Waals surface area contributed by atoms with E-state index in [1.54, 1.807) is 30.3 Å². The highest BCUT2D eigenvalue weighted by Gasteiger charge is 2.21. The molecule has 0 N–H and O–H groups in total. The Labute approximate surface area is 146 Å². The largest absolute Gasteiger partial charge is 0.494 e. The summed E-state index contributed by atoms with van der Waals surface area (Å²) in [5.41, 5.74) is 2.61. The first kappa shape index (κ1) is 17.6. The summed E-state index contributed by atoms with van der Waals surface area (Å²) in [6.07, 6.45) is 4.93. The summed E-state index contributed by atoms with van der Waals surface area (Å²) in [6, 6.07) is 6.60. The number of aryl methyl sites for hydroxylation is 1. The number of hydrogen-bond donors (Lipinski definition) is 0. The van der Waals surface area contributed by atoms with Gasteiger partial charge in [-0.2, -0.15) is 0 Å². The molecular weight excluding hydrogens is 325 g/mol. The van der Waals surface area contributed by atoms with Crippen molar-refractivity contribution >= 4 is 11.6 Å². The molecule has 0 atom stereocenters. The summed E-state index contributed by atoms with van der Waals surface area (Å²) < 4.78 is 48.2. The van der Waals surface area contributed by atoms with Crippen LogP contribution >= 0.6 is 0 Å². The van der Waals surface area contributed by atoms with Crippen molar-refractivity contribution < 1.29 is 17.9 Å². The molecule has 0 fully saturated rings. The normalized spacial score (nSPS) is 13.4. The van der Waals surface area contributed by atoms with Crippen molar-refractivity contribution in [2.75, 3.05) is 7.11 Å². The Morgan fingerprint density at radius 1 is 0.960 bits per heavy atom. The van der Waals surface area contributed by atoms with Crippen molar-refractivity contribution in [3.63, 3.8) is 0 Å². The summed E-state index contributed by atoms with van der Waals surface area (Å²) in [6.45, 7) is 2.01. The molecule has 0 spiro atoms. The van der Waals surface area contributed by atoms with E-state index in [9.17, 15) is 13.2 Å². The highest BCUT2D eigenvalue weighted by Crippen LogP contribution is 2.36. The van der Waals surface area contributed by atoms with Crippen LogP contribution in [0, 0.1) is 17.5 Å². The zero-order valence-corrected chi connectivity index (χ0v) is 14.5. The minimum Gasteiger partial charge on any atom is -0.494 e. The van der Waals surface area contributed by atoms with E-state index >= 15 is 0 Å². The van der Waals surface area contributed by atoms with Gasteiger partial charge in [0.1, 0.15) is 0 Å². The van der Waals surface area contributed by atoms with Crippen molar-refractivity contribution in [2.45, 2.75) is 39.0 Å². The Morgan fingerprint density at radius 3 is 2.48 bits per heavy atom. The van der Waals surface area contributed by atoms with Gasteiger partial charge in [-0.05, 0) is 54.0 Å². The smallest absolute Gasteiger partial charge is 0.168 e. The first-order valence-corrected chi connectivity index (χ1v) is 8.60. The summed E-state index contributed by atoms with van der Waals surface area (Å²) in [5, 5.41) is 0. The molecule has 1 aliphatic carbocycles. The van der Waals surface area contributed by atoms with Gasteiger partial charge < -0.3 is 4.74 Å². The number of allylic oxidation sites excluding steroid dienone is 1. The first-order chi connectivity index (χ1) is 12.1. The van der Waals surface area contributed by atoms with Crippen LogP contribution in [-0.2, 0) is 12.8 Å². The summed E-state index contributed by atoms with van der Waals surface area (Å²) in [4.78, 5) is 0. The van der Waals surface area contributed by atoms with Crippen molar-refractivity contribution in [3.8, 4) is 5.75 Å². The van der Waals surface area contributed by atoms with Crippen molar-refractivity contribution in [2.24, 2.45) is 0 Å². The average Bonchev–Trinajstić information content (AvgIpc) is 2.63. The lowest BCUT2D eigenvalue weighted by Crippen LogP contribution is -2.06. The van der Waals surface area contributed by atoms with Crippen LogP contribution < -0.4 is 4.74 Å². The van der Waals surface area contributed by atoms with Gasteiger partial charge >= 0.3 is 0 Å². The molecule has 1 aliphatic rings. The fourth-order valence-electron chi connectivity index (χ4n) is 3.29. The molecule has 3 rings (SSSR count). The van der Waals surface area contributed by atoms with Gasteiger partial charge in [0, 0.05) is 5.56 Å². The Balaban J connectivity index is 1.98. The zero-order chi connectivity index (χ0) is 18.0. The maximum Gasteiger partial charge on any atom is 0.168 e. The molecular formula is C21H21F3O. The third-order valence-corrected chi connectivity index (χ3v) is 4.75. The van der Waals surface area contributed by atoms with Crippen LogP contribution in [0.5, 0.6) is 5.75 Å². The number of rotatable bonds is 5. The second-order valence-electron chi connectivity index (χ2n) is 6.32. The van der Waals surface area contributed by atoms with Gasteiger partial charge in [0.05, 0.1) is 7.11 Å². The number of ether oxygens (including phenoxy) is 1. The molecule has 1 nitrogen and oxygen atoms in total. The third-order valence-electron chi connectivity index (χ3n) is 4.75. The zero-order valence-electron chi connectivity index (χ0n) is 14.5. The molecule has 25 heavy (non-hydrogen) atoms. The quantitative estimate of drug-likeness (QED) is 0.651. The fourth-order valence-corrected chi connectivity index (χ4v) is 3.29.